The zero-order valence-corrected chi connectivity index (χ0v) is 12.9. The molecule has 1 aliphatic carbocycles. The number of rotatable bonds is 3. The highest BCUT2D eigenvalue weighted by atomic mass is 16.5. The highest BCUT2D eigenvalue weighted by Gasteiger charge is 2.54. The molecule has 0 spiro atoms. The summed E-state index contributed by atoms with van der Waals surface area (Å²) in [5, 5.41) is 11.3. The Morgan fingerprint density at radius 1 is 1.32 bits per heavy atom. The summed E-state index contributed by atoms with van der Waals surface area (Å²) >= 11 is 0. The maximum atomic E-state index is 11.3. The van der Waals surface area contributed by atoms with E-state index < -0.39 is 5.60 Å². The fourth-order valence-corrected chi connectivity index (χ4v) is 4.42. The van der Waals surface area contributed by atoms with E-state index in [0.29, 0.717) is 19.6 Å². The SMILES string of the molecule is CCC1CCCC(CN)(C2(O)CCOC(C)(C)C2)C1. The van der Waals surface area contributed by atoms with E-state index in [0.717, 1.165) is 25.2 Å². The van der Waals surface area contributed by atoms with E-state index in [1.807, 2.05) is 0 Å². The summed E-state index contributed by atoms with van der Waals surface area (Å²) < 4.78 is 5.79. The average Bonchev–Trinajstić information content (AvgIpc) is 2.37. The van der Waals surface area contributed by atoms with Gasteiger partial charge in [-0.15, -0.1) is 0 Å². The van der Waals surface area contributed by atoms with E-state index in [1.165, 1.54) is 19.3 Å². The van der Waals surface area contributed by atoms with Crippen molar-refractivity contribution in [2.24, 2.45) is 17.1 Å². The van der Waals surface area contributed by atoms with E-state index in [-0.39, 0.29) is 11.0 Å². The second kappa shape index (κ2) is 5.34. The lowest BCUT2D eigenvalue weighted by molar-refractivity contribution is -0.204. The minimum Gasteiger partial charge on any atom is -0.389 e. The van der Waals surface area contributed by atoms with Crippen LogP contribution in [0.1, 0.15) is 65.7 Å². The Balaban J connectivity index is 2.23. The molecule has 1 saturated carbocycles. The van der Waals surface area contributed by atoms with Crippen molar-refractivity contribution in [3.8, 4) is 0 Å². The largest absolute Gasteiger partial charge is 0.389 e. The van der Waals surface area contributed by atoms with Crippen LogP contribution in [-0.4, -0.2) is 29.5 Å². The fraction of sp³-hybridized carbons (Fsp3) is 1.00. The third-order valence-electron chi connectivity index (χ3n) is 5.63. The highest BCUT2D eigenvalue weighted by Crippen LogP contribution is 2.52. The quantitative estimate of drug-likeness (QED) is 0.828. The van der Waals surface area contributed by atoms with Gasteiger partial charge in [-0.05, 0) is 32.6 Å². The van der Waals surface area contributed by atoms with E-state index in [4.69, 9.17) is 10.5 Å². The van der Waals surface area contributed by atoms with Crippen molar-refractivity contribution in [3.05, 3.63) is 0 Å². The van der Waals surface area contributed by atoms with E-state index in [1.54, 1.807) is 0 Å². The van der Waals surface area contributed by atoms with Gasteiger partial charge in [0.2, 0.25) is 0 Å². The van der Waals surface area contributed by atoms with Gasteiger partial charge in [0.05, 0.1) is 17.8 Å². The lowest BCUT2D eigenvalue weighted by Gasteiger charge is -2.55. The monoisotopic (exact) mass is 269 g/mol. The highest BCUT2D eigenvalue weighted by molar-refractivity contribution is 5.06. The molecule has 0 aromatic heterocycles. The molecular formula is C16H31NO2. The molecule has 3 N–H and O–H groups in total. The Kier molecular flexibility index (Phi) is 4.29. The summed E-state index contributed by atoms with van der Waals surface area (Å²) in [6.45, 7) is 7.69. The Morgan fingerprint density at radius 2 is 2.05 bits per heavy atom. The number of aliphatic hydroxyl groups is 1. The molecule has 3 atom stereocenters. The molecule has 0 bridgehead atoms. The summed E-state index contributed by atoms with van der Waals surface area (Å²) in [6.07, 6.45) is 7.34. The zero-order valence-electron chi connectivity index (χ0n) is 12.9. The van der Waals surface area contributed by atoms with Crippen LogP contribution >= 0.6 is 0 Å². The van der Waals surface area contributed by atoms with Crippen LogP contribution in [0.5, 0.6) is 0 Å². The summed E-state index contributed by atoms with van der Waals surface area (Å²) in [6, 6.07) is 0. The van der Waals surface area contributed by atoms with Crippen LogP contribution in [0.2, 0.25) is 0 Å². The number of hydrogen-bond donors (Lipinski definition) is 2. The molecule has 1 heterocycles. The molecular weight excluding hydrogens is 238 g/mol. The molecule has 0 amide bonds. The average molecular weight is 269 g/mol. The topological polar surface area (TPSA) is 55.5 Å². The van der Waals surface area contributed by atoms with E-state index >= 15 is 0 Å². The summed E-state index contributed by atoms with van der Waals surface area (Å²) in [5.74, 6) is 0.729. The van der Waals surface area contributed by atoms with Gasteiger partial charge in [-0.25, -0.2) is 0 Å². The van der Waals surface area contributed by atoms with E-state index in [2.05, 4.69) is 20.8 Å². The van der Waals surface area contributed by atoms with Crippen LogP contribution in [-0.2, 0) is 4.74 Å². The smallest absolute Gasteiger partial charge is 0.0765 e. The fourth-order valence-electron chi connectivity index (χ4n) is 4.42. The minimum absolute atomic E-state index is 0.0903. The van der Waals surface area contributed by atoms with Gasteiger partial charge >= 0.3 is 0 Å². The van der Waals surface area contributed by atoms with Gasteiger partial charge in [-0.2, -0.15) is 0 Å². The van der Waals surface area contributed by atoms with Crippen molar-refractivity contribution in [1.82, 2.24) is 0 Å². The van der Waals surface area contributed by atoms with Crippen LogP contribution in [0.25, 0.3) is 0 Å². The van der Waals surface area contributed by atoms with Gasteiger partial charge in [0, 0.05) is 24.8 Å². The van der Waals surface area contributed by atoms with Gasteiger partial charge in [-0.1, -0.05) is 26.2 Å². The van der Waals surface area contributed by atoms with Crippen LogP contribution < -0.4 is 5.73 Å². The maximum Gasteiger partial charge on any atom is 0.0765 e. The normalized spacial score (nSPS) is 43.1. The molecule has 0 radical (unpaired) electrons. The Hall–Kier alpha value is -0.120. The van der Waals surface area contributed by atoms with Crippen molar-refractivity contribution in [3.63, 3.8) is 0 Å². The van der Waals surface area contributed by atoms with Gasteiger partial charge in [0.15, 0.2) is 0 Å². The first-order valence-corrected chi connectivity index (χ1v) is 7.93. The van der Waals surface area contributed by atoms with Crippen LogP contribution in [0.4, 0.5) is 0 Å². The molecule has 0 aromatic rings. The third-order valence-corrected chi connectivity index (χ3v) is 5.63. The standard InChI is InChI=1S/C16H31NO2/c1-4-13-6-5-7-15(10-13,12-17)16(18)8-9-19-14(2,3)11-16/h13,18H,4-12,17H2,1-3H3. The lowest BCUT2D eigenvalue weighted by Crippen LogP contribution is -2.60. The second-order valence-corrected chi connectivity index (χ2v) is 7.42. The van der Waals surface area contributed by atoms with Crippen molar-refractivity contribution in [2.75, 3.05) is 13.2 Å². The van der Waals surface area contributed by atoms with Crippen molar-refractivity contribution < 1.29 is 9.84 Å². The van der Waals surface area contributed by atoms with Crippen molar-refractivity contribution in [1.29, 1.82) is 0 Å². The Morgan fingerprint density at radius 3 is 2.63 bits per heavy atom. The van der Waals surface area contributed by atoms with E-state index in [9.17, 15) is 5.11 Å². The molecule has 2 rings (SSSR count). The molecule has 19 heavy (non-hydrogen) atoms. The van der Waals surface area contributed by atoms with Crippen molar-refractivity contribution in [2.45, 2.75) is 76.9 Å². The first kappa shape index (κ1) is 15.3. The molecule has 3 unspecified atom stereocenters. The van der Waals surface area contributed by atoms with Crippen molar-refractivity contribution >= 4 is 0 Å². The number of nitrogens with two attached hydrogens (primary N) is 1. The van der Waals surface area contributed by atoms with Crippen LogP contribution in [0.15, 0.2) is 0 Å². The van der Waals surface area contributed by atoms with Gasteiger partial charge in [-0.3, -0.25) is 0 Å². The maximum absolute atomic E-state index is 11.3. The molecule has 3 heteroatoms. The molecule has 1 aliphatic heterocycles. The molecule has 2 fully saturated rings. The Labute approximate surface area is 117 Å². The van der Waals surface area contributed by atoms with Gasteiger partial charge in [0.25, 0.3) is 0 Å². The summed E-state index contributed by atoms with van der Waals surface area (Å²) in [7, 11) is 0. The lowest BCUT2D eigenvalue weighted by atomic mass is 9.56. The number of ether oxygens (including phenoxy) is 1. The van der Waals surface area contributed by atoms with Gasteiger partial charge in [0.1, 0.15) is 0 Å². The molecule has 1 saturated heterocycles. The predicted octanol–water partition coefficient (Wildman–Crippen LogP) is 2.85. The third kappa shape index (κ3) is 2.84. The summed E-state index contributed by atoms with van der Waals surface area (Å²) in [5.41, 5.74) is 5.20. The molecule has 112 valence electrons. The number of hydrogen-bond acceptors (Lipinski definition) is 3. The van der Waals surface area contributed by atoms with Crippen LogP contribution in [0.3, 0.4) is 0 Å². The van der Waals surface area contributed by atoms with Gasteiger partial charge < -0.3 is 15.6 Å². The van der Waals surface area contributed by atoms with Crippen LogP contribution in [0, 0.1) is 11.3 Å². The Bertz CT molecular complexity index is 318. The first-order valence-electron chi connectivity index (χ1n) is 7.93. The molecule has 3 nitrogen and oxygen atoms in total. The first-order chi connectivity index (χ1) is 8.86. The molecule has 2 aliphatic rings. The second-order valence-electron chi connectivity index (χ2n) is 7.42. The predicted molar refractivity (Wildman–Crippen MR) is 78.0 cm³/mol. The zero-order chi connectivity index (χ0) is 14.1. The minimum atomic E-state index is -0.642. The molecule has 0 aromatic carbocycles. The summed E-state index contributed by atoms with van der Waals surface area (Å²) in [4.78, 5) is 0.